The standard InChI is InChI=1S/C10H14N2O4S/c1-17(15,16)12(8-10(13)11-14)7-9-5-3-2-4-6-9/h2-6,14H,7-8H2,1H3,(H,11,13). The third kappa shape index (κ3) is 4.51. The minimum Gasteiger partial charge on any atom is -0.289 e. The molecule has 6 nitrogen and oxygen atoms in total. The highest BCUT2D eigenvalue weighted by atomic mass is 32.2. The van der Waals surface area contributed by atoms with Crippen molar-refractivity contribution in [2.45, 2.75) is 6.54 Å². The number of rotatable bonds is 5. The number of amides is 1. The van der Waals surface area contributed by atoms with Gasteiger partial charge in [-0.25, -0.2) is 13.9 Å². The zero-order chi connectivity index (χ0) is 12.9. The molecule has 1 aromatic carbocycles. The van der Waals surface area contributed by atoms with Crippen molar-refractivity contribution in [1.29, 1.82) is 0 Å². The number of benzene rings is 1. The third-order valence-corrected chi connectivity index (χ3v) is 3.31. The largest absolute Gasteiger partial charge is 0.289 e. The van der Waals surface area contributed by atoms with Gasteiger partial charge < -0.3 is 0 Å². The molecular formula is C10H14N2O4S. The minimum atomic E-state index is -3.51. The number of carbonyl (C=O) groups is 1. The van der Waals surface area contributed by atoms with Gasteiger partial charge in [0.1, 0.15) is 0 Å². The van der Waals surface area contributed by atoms with E-state index in [4.69, 9.17) is 5.21 Å². The average Bonchev–Trinajstić information content (AvgIpc) is 2.28. The Morgan fingerprint density at radius 1 is 1.35 bits per heavy atom. The predicted octanol–water partition coefficient (Wildman–Crippen LogP) is -0.0464. The van der Waals surface area contributed by atoms with Crippen LogP contribution >= 0.6 is 0 Å². The lowest BCUT2D eigenvalue weighted by Gasteiger charge is -2.18. The molecule has 0 fully saturated rings. The van der Waals surface area contributed by atoms with Crippen LogP contribution in [0.3, 0.4) is 0 Å². The summed E-state index contributed by atoms with van der Waals surface area (Å²) in [7, 11) is -3.51. The van der Waals surface area contributed by atoms with Crippen LogP contribution in [-0.2, 0) is 21.4 Å². The molecule has 94 valence electrons. The first-order valence-electron chi connectivity index (χ1n) is 4.85. The van der Waals surface area contributed by atoms with Crippen molar-refractivity contribution in [1.82, 2.24) is 9.79 Å². The molecule has 1 amide bonds. The number of nitrogens with one attached hydrogen (secondary N) is 1. The second-order valence-electron chi connectivity index (χ2n) is 3.55. The first-order chi connectivity index (χ1) is 7.93. The van der Waals surface area contributed by atoms with Crippen molar-refractivity contribution in [2.24, 2.45) is 0 Å². The number of hydroxylamine groups is 1. The highest BCUT2D eigenvalue weighted by Gasteiger charge is 2.19. The molecule has 1 rings (SSSR count). The fourth-order valence-electron chi connectivity index (χ4n) is 1.27. The summed E-state index contributed by atoms with van der Waals surface area (Å²) in [5, 5.41) is 8.39. The van der Waals surface area contributed by atoms with E-state index in [2.05, 4.69) is 0 Å². The molecule has 0 aliphatic rings. The molecule has 0 unspecified atom stereocenters. The molecule has 0 radical (unpaired) electrons. The highest BCUT2D eigenvalue weighted by Crippen LogP contribution is 2.07. The normalized spacial score (nSPS) is 11.5. The van der Waals surface area contributed by atoms with E-state index in [1.165, 1.54) is 5.48 Å². The Kier molecular flexibility index (Phi) is 4.62. The van der Waals surface area contributed by atoms with Crippen molar-refractivity contribution < 1.29 is 18.4 Å². The molecule has 17 heavy (non-hydrogen) atoms. The Balaban J connectivity index is 2.82. The Hall–Kier alpha value is -1.44. The van der Waals surface area contributed by atoms with E-state index in [1.54, 1.807) is 24.3 Å². The van der Waals surface area contributed by atoms with Gasteiger partial charge in [-0.3, -0.25) is 10.0 Å². The molecule has 0 atom stereocenters. The monoisotopic (exact) mass is 258 g/mol. The third-order valence-electron chi connectivity index (χ3n) is 2.12. The fourth-order valence-corrected chi connectivity index (χ4v) is 2.01. The Bertz CT molecular complexity index is 472. The maximum absolute atomic E-state index is 11.5. The van der Waals surface area contributed by atoms with Crippen LogP contribution in [0.15, 0.2) is 30.3 Å². The summed E-state index contributed by atoms with van der Waals surface area (Å²) < 4.78 is 23.9. The molecule has 1 aromatic rings. The van der Waals surface area contributed by atoms with Crippen LogP contribution < -0.4 is 5.48 Å². The molecule has 2 N–H and O–H groups in total. The van der Waals surface area contributed by atoms with E-state index in [0.717, 1.165) is 16.1 Å². The van der Waals surface area contributed by atoms with E-state index < -0.39 is 22.5 Å². The van der Waals surface area contributed by atoms with Crippen LogP contribution in [0.1, 0.15) is 5.56 Å². The highest BCUT2D eigenvalue weighted by molar-refractivity contribution is 7.88. The van der Waals surface area contributed by atoms with Gasteiger partial charge in [-0.2, -0.15) is 4.31 Å². The van der Waals surface area contributed by atoms with E-state index in [-0.39, 0.29) is 6.54 Å². The summed E-state index contributed by atoms with van der Waals surface area (Å²) in [6, 6.07) is 8.89. The van der Waals surface area contributed by atoms with Gasteiger partial charge in [0.05, 0.1) is 12.8 Å². The summed E-state index contributed by atoms with van der Waals surface area (Å²) in [5.41, 5.74) is 2.18. The fraction of sp³-hybridized carbons (Fsp3) is 0.300. The summed E-state index contributed by atoms with van der Waals surface area (Å²) in [6.45, 7) is -0.322. The lowest BCUT2D eigenvalue weighted by atomic mass is 10.2. The van der Waals surface area contributed by atoms with E-state index in [1.807, 2.05) is 6.07 Å². The van der Waals surface area contributed by atoms with E-state index in [0.29, 0.717) is 0 Å². The van der Waals surface area contributed by atoms with Gasteiger partial charge in [0.25, 0.3) is 5.91 Å². The van der Waals surface area contributed by atoms with Crippen molar-refractivity contribution in [3.05, 3.63) is 35.9 Å². The quantitative estimate of drug-likeness (QED) is 0.573. The predicted molar refractivity (Wildman–Crippen MR) is 61.6 cm³/mol. The molecule has 0 saturated carbocycles. The molecule has 0 aromatic heterocycles. The van der Waals surface area contributed by atoms with Gasteiger partial charge in [0, 0.05) is 6.54 Å². The van der Waals surface area contributed by atoms with Crippen molar-refractivity contribution in [3.63, 3.8) is 0 Å². The summed E-state index contributed by atoms with van der Waals surface area (Å²) >= 11 is 0. The molecule has 0 spiro atoms. The van der Waals surface area contributed by atoms with Crippen LogP contribution in [0.25, 0.3) is 0 Å². The molecule has 0 aliphatic heterocycles. The number of carbonyl (C=O) groups excluding carboxylic acids is 1. The van der Waals surface area contributed by atoms with Crippen LogP contribution in [0, 0.1) is 0 Å². The molecule has 0 bridgehead atoms. The zero-order valence-corrected chi connectivity index (χ0v) is 10.1. The topological polar surface area (TPSA) is 86.7 Å². The first-order valence-corrected chi connectivity index (χ1v) is 6.70. The summed E-state index contributed by atoms with van der Waals surface area (Å²) in [5.74, 6) is -0.772. The van der Waals surface area contributed by atoms with E-state index in [9.17, 15) is 13.2 Å². The smallest absolute Gasteiger partial charge is 0.258 e. The first kappa shape index (κ1) is 13.6. The number of hydrogen-bond acceptors (Lipinski definition) is 4. The van der Waals surface area contributed by atoms with Gasteiger partial charge >= 0.3 is 0 Å². The van der Waals surface area contributed by atoms with Gasteiger partial charge in [-0.15, -0.1) is 0 Å². The van der Waals surface area contributed by atoms with Gasteiger partial charge in [-0.05, 0) is 5.56 Å². The lowest BCUT2D eigenvalue weighted by Crippen LogP contribution is -2.38. The number of nitrogens with zero attached hydrogens (tertiary/aromatic N) is 1. The SMILES string of the molecule is CS(=O)(=O)N(CC(=O)NO)Cc1ccccc1. The van der Waals surface area contributed by atoms with Crippen molar-refractivity contribution >= 4 is 15.9 Å². The number of hydrogen-bond donors (Lipinski definition) is 2. The van der Waals surface area contributed by atoms with Crippen LogP contribution in [0.5, 0.6) is 0 Å². The maximum atomic E-state index is 11.5. The maximum Gasteiger partial charge on any atom is 0.258 e. The minimum absolute atomic E-state index is 0.0904. The van der Waals surface area contributed by atoms with Gasteiger partial charge in [0.2, 0.25) is 10.0 Å². The molecular weight excluding hydrogens is 244 g/mol. The second kappa shape index (κ2) is 5.76. The average molecular weight is 258 g/mol. The summed E-state index contributed by atoms with van der Waals surface area (Å²) in [4.78, 5) is 11.0. The Morgan fingerprint density at radius 2 is 1.94 bits per heavy atom. The zero-order valence-electron chi connectivity index (χ0n) is 9.33. The Morgan fingerprint density at radius 3 is 2.41 bits per heavy atom. The number of sulfonamides is 1. The van der Waals surface area contributed by atoms with Gasteiger partial charge in [0.15, 0.2) is 0 Å². The van der Waals surface area contributed by atoms with E-state index >= 15 is 0 Å². The van der Waals surface area contributed by atoms with Crippen LogP contribution in [0.4, 0.5) is 0 Å². The summed E-state index contributed by atoms with van der Waals surface area (Å²) in [6.07, 6.45) is 1.01. The molecule has 7 heteroatoms. The molecule has 0 saturated heterocycles. The molecule has 0 heterocycles. The lowest BCUT2D eigenvalue weighted by molar-refractivity contribution is -0.129. The van der Waals surface area contributed by atoms with Crippen LogP contribution in [-0.4, -0.2) is 36.6 Å². The van der Waals surface area contributed by atoms with Crippen molar-refractivity contribution in [2.75, 3.05) is 12.8 Å². The Labute approximate surface area is 99.9 Å². The molecule has 0 aliphatic carbocycles. The van der Waals surface area contributed by atoms with Crippen molar-refractivity contribution in [3.8, 4) is 0 Å². The van der Waals surface area contributed by atoms with Crippen LogP contribution in [0.2, 0.25) is 0 Å². The van der Waals surface area contributed by atoms with Gasteiger partial charge in [-0.1, -0.05) is 30.3 Å². The second-order valence-corrected chi connectivity index (χ2v) is 5.53.